The van der Waals surface area contributed by atoms with Gasteiger partial charge in [0.15, 0.2) is 29.6 Å². The summed E-state index contributed by atoms with van der Waals surface area (Å²) in [6, 6.07) is 3.59. The molecule has 0 aromatic carbocycles. The molecule has 0 atom stereocenters. The Kier molecular flexibility index (Phi) is 1.74. The molecule has 0 aliphatic carbocycles. The highest BCUT2D eigenvalue weighted by atomic mass is 16.3. The van der Waals surface area contributed by atoms with Gasteiger partial charge in [-0.1, -0.05) is 0 Å². The number of fused-ring (bicyclic) bond motifs is 2. The van der Waals surface area contributed by atoms with Crippen LogP contribution in [0.3, 0.4) is 0 Å². The Morgan fingerprint density at radius 1 is 0.833 bits per heavy atom. The van der Waals surface area contributed by atoms with E-state index in [0.717, 1.165) is 5.56 Å². The molecule has 0 aliphatic heterocycles. The lowest BCUT2D eigenvalue weighted by atomic mass is 10.1. The molecule has 6 nitrogen and oxygen atoms in total. The van der Waals surface area contributed by atoms with Gasteiger partial charge in [-0.25, -0.2) is 9.97 Å². The van der Waals surface area contributed by atoms with E-state index in [1.807, 2.05) is 6.07 Å². The minimum atomic E-state index is 0.551. The molecule has 0 saturated carbocycles. The molecular formula is C12H6N4O2. The highest BCUT2D eigenvalue weighted by Crippen LogP contribution is 2.29. The summed E-state index contributed by atoms with van der Waals surface area (Å²) in [6.45, 7) is 0. The molecular weight excluding hydrogens is 232 g/mol. The number of hydrogen-bond acceptors (Lipinski definition) is 6. The fourth-order valence-corrected chi connectivity index (χ4v) is 1.95. The van der Waals surface area contributed by atoms with Crippen molar-refractivity contribution in [3.8, 4) is 11.3 Å². The Labute approximate surface area is 100 Å². The molecule has 4 aromatic rings. The maximum absolute atomic E-state index is 5.36. The molecule has 0 fully saturated rings. The zero-order chi connectivity index (χ0) is 11.9. The van der Waals surface area contributed by atoms with Crippen LogP contribution in [0.4, 0.5) is 0 Å². The first kappa shape index (κ1) is 9.29. The topological polar surface area (TPSA) is 77.8 Å². The van der Waals surface area contributed by atoms with Gasteiger partial charge in [0.05, 0.1) is 5.56 Å². The van der Waals surface area contributed by atoms with Crippen molar-refractivity contribution in [2.24, 2.45) is 0 Å². The zero-order valence-corrected chi connectivity index (χ0v) is 9.07. The van der Waals surface area contributed by atoms with Crippen LogP contribution in [0.25, 0.3) is 33.6 Å². The lowest BCUT2D eigenvalue weighted by Crippen LogP contribution is -1.87. The van der Waals surface area contributed by atoms with E-state index < -0.39 is 0 Å². The molecule has 6 heteroatoms. The molecule has 0 saturated heterocycles. The Hall–Kier alpha value is -2.76. The minimum Gasteiger partial charge on any atom is -0.443 e. The molecule has 0 N–H and O–H groups in total. The molecule has 4 heterocycles. The predicted octanol–water partition coefficient (Wildman–Crippen LogP) is 2.43. The van der Waals surface area contributed by atoms with E-state index in [2.05, 4.69) is 19.9 Å². The summed E-state index contributed by atoms with van der Waals surface area (Å²) in [6.07, 6.45) is 6.10. The maximum Gasteiger partial charge on any atom is 0.199 e. The molecule has 4 rings (SSSR count). The second-order valence-corrected chi connectivity index (χ2v) is 3.72. The first-order valence-corrected chi connectivity index (χ1v) is 5.30. The Bertz CT molecular complexity index is 777. The number of pyridine rings is 2. The van der Waals surface area contributed by atoms with Crippen LogP contribution >= 0.6 is 0 Å². The molecule has 4 aromatic heterocycles. The van der Waals surface area contributed by atoms with E-state index >= 15 is 0 Å². The van der Waals surface area contributed by atoms with Crippen molar-refractivity contribution < 1.29 is 8.83 Å². The molecule has 18 heavy (non-hydrogen) atoms. The van der Waals surface area contributed by atoms with E-state index in [1.165, 1.54) is 12.8 Å². The smallest absolute Gasteiger partial charge is 0.199 e. The molecule has 0 aliphatic rings. The molecule has 0 bridgehead atoms. The highest BCUT2D eigenvalue weighted by molar-refractivity contribution is 5.96. The average molecular weight is 238 g/mol. The van der Waals surface area contributed by atoms with Gasteiger partial charge in [0.2, 0.25) is 0 Å². The summed E-state index contributed by atoms with van der Waals surface area (Å²) in [7, 11) is 0. The van der Waals surface area contributed by atoms with Crippen LogP contribution in [-0.4, -0.2) is 19.9 Å². The number of aromatic nitrogens is 4. The zero-order valence-electron chi connectivity index (χ0n) is 9.07. The van der Waals surface area contributed by atoms with Crippen molar-refractivity contribution in [3.63, 3.8) is 0 Å². The first-order chi connectivity index (χ1) is 8.93. The second kappa shape index (κ2) is 3.36. The highest BCUT2D eigenvalue weighted by Gasteiger charge is 2.14. The normalized spacial score (nSPS) is 11.3. The van der Waals surface area contributed by atoms with Gasteiger partial charge in [-0.15, -0.1) is 0 Å². The number of rotatable bonds is 1. The van der Waals surface area contributed by atoms with Crippen molar-refractivity contribution in [3.05, 3.63) is 37.3 Å². The summed E-state index contributed by atoms with van der Waals surface area (Å²) >= 11 is 0. The van der Waals surface area contributed by atoms with Crippen LogP contribution in [-0.2, 0) is 0 Å². The van der Waals surface area contributed by atoms with Gasteiger partial charge < -0.3 is 8.83 Å². The van der Waals surface area contributed by atoms with Gasteiger partial charge >= 0.3 is 0 Å². The average Bonchev–Trinajstić information content (AvgIpc) is 3.06. The molecule has 86 valence electrons. The molecule has 0 amide bonds. The summed E-state index contributed by atoms with van der Waals surface area (Å²) in [5.74, 6) is 0. The molecule has 0 spiro atoms. The van der Waals surface area contributed by atoms with E-state index in [4.69, 9.17) is 8.83 Å². The number of oxazole rings is 2. The van der Waals surface area contributed by atoms with Crippen LogP contribution < -0.4 is 0 Å². The van der Waals surface area contributed by atoms with Crippen molar-refractivity contribution in [2.75, 3.05) is 0 Å². The van der Waals surface area contributed by atoms with E-state index in [-0.39, 0.29) is 0 Å². The summed E-state index contributed by atoms with van der Waals surface area (Å²) in [5.41, 5.74) is 4.03. The monoisotopic (exact) mass is 238 g/mol. The standard InChI is InChI=1S/C12H6N4O2/c1-3-14-12-11(18-6-16-12)7(1)9-10-8(2-4-13-9)17-5-15-10/h1-6H. The van der Waals surface area contributed by atoms with Gasteiger partial charge in [0, 0.05) is 18.5 Å². The Balaban J connectivity index is 2.13. The van der Waals surface area contributed by atoms with Crippen LogP contribution in [0.5, 0.6) is 0 Å². The van der Waals surface area contributed by atoms with Crippen LogP contribution in [0.1, 0.15) is 0 Å². The van der Waals surface area contributed by atoms with Gasteiger partial charge in [-0.2, -0.15) is 4.98 Å². The minimum absolute atomic E-state index is 0.551. The van der Waals surface area contributed by atoms with Crippen molar-refractivity contribution in [1.29, 1.82) is 0 Å². The molecule has 0 radical (unpaired) electrons. The van der Waals surface area contributed by atoms with E-state index in [9.17, 15) is 0 Å². The third kappa shape index (κ3) is 1.17. The molecule has 0 unspecified atom stereocenters. The van der Waals surface area contributed by atoms with Crippen LogP contribution in [0.2, 0.25) is 0 Å². The van der Waals surface area contributed by atoms with E-state index in [1.54, 1.807) is 18.5 Å². The van der Waals surface area contributed by atoms with E-state index in [0.29, 0.717) is 28.0 Å². The maximum atomic E-state index is 5.36. The summed E-state index contributed by atoms with van der Waals surface area (Å²) < 4.78 is 10.6. The third-order valence-electron chi connectivity index (χ3n) is 2.74. The van der Waals surface area contributed by atoms with Crippen LogP contribution in [0.15, 0.2) is 46.1 Å². The van der Waals surface area contributed by atoms with Crippen molar-refractivity contribution in [2.45, 2.75) is 0 Å². The van der Waals surface area contributed by atoms with Crippen LogP contribution in [0, 0.1) is 0 Å². The second-order valence-electron chi connectivity index (χ2n) is 3.72. The quantitative estimate of drug-likeness (QED) is 0.506. The SMILES string of the molecule is c1cc2ocnc2c(-c2ccnc3ncoc23)n1. The van der Waals surface area contributed by atoms with Gasteiger partial charge in [0.1, 0.15) is 11.2 Å². The fraction of sp³-hybridized carbons (Fsp3) is 0. The number of hydrogen-bond donors (Lipinski definition) is 0. The third-order valence-corrected chi connectivity index (χ3v) is 2.74. The van der Waals surface area contributed by atoms with Gasteiger partial charge in [-0.05, 0) is 6.07 Å². The lowest BCUT2D eigenvalue weighted by Gasteiger charge is -2.00. The van der Waals surface area contributed by atoms with Crippen molar-refractivity contribution in [1.82, 2.24) is 19.9 Å². The van der Waals surface area contributed by atoms with Crippen molar-refractivity contribution >= 4 is 22.3 Å². The predicted molar refractivity (Wildman–Crippen MR) is 62.6 cm³/mol. The summed E-state index contributed by atoms with van der Waals surface area (Å²) in [4.78, 5) is 16.7. The summed E-state index contributed by atoms with van der Waals surface area (Å²) in [5, 5.41) is 0. The fourth-order valence-electron chi connectivity index (χ4n) is 1.95. The number of nitrogens with zero attached hydrogens (tertiary/aromatic N) is 4. The largest absolute Gasteiger partial charge is 0.443 e. The first-order valence-electron chi connectivity index (χ1n) is 5.30. The lowest BCUT2D eigenvalue weighted by molar-refractivity contribution is 0.602. The van der Waals surface area contributed by atoms with Gasteiger partial charge in [-0.3, -0.25) is 4.98 Å². The Morgan fingerprint density at radius 2 is 1.72 bits per heavy atom. The Morgan fingerprint density at radius 3 is 2.72 bits per heavy atom. The van der Waals surface area contributed by atoms with Gasteiger partial charge in [0.25, 0.3) is 0 Å².